The Morgan fingerprint density at radius 1 is 1.32 bits per heavy atom. The lowest BCUT2D eigenvalue weighted by molar-refractivity contribution is 0.927. The summed E-state index contributed by atoms with van der Waals surface area (Å²) in [5.41, 5.74) is 9.09. The minimum atomic E-state index is 0.441. The fourth-order valence-corrected chi connectivity index (χ4v) is 2.29. The van der Waals surface area contributed by atoms with E-state index in [0.29, 0.717) is 12.5 Å². The van der Waals surface area contributed by atoms with Gasteiger partial charge in [0.2, 0.25) is 0 Å². The van der Waals surface area contributed by atoms with Gasteiger partial charge in [-0.15, -0.1) is 11.3 Å². The Hall–Kier alpha value is -1.88. The van der Waals surface area contributed by atoms with E-state index in [4.69, 9.17) is 5.73 Å². The molecule has 0 bridgehead atoms. The maximum absolute atomic E-state index is 5.83. The van der Waals surface area contributed by atoms with Gasteiger partial charge in [0, 0.05) is 24.0 Å². The molecule has 0 aliphatic heterocycles. The molecule has 4 nitrogen and oxygen atoms in total. The van der Waals surface area contributed by atoms with E-state index < -0.39 is 0 Å². The first kappa shape index (κ1) is 13.5. The number of anilines is 1. The number of aryl methyl sites for hydroxylation is 2. The highest BCUT2D eigenvalue weighted by molar-refractivity contribution is 7.09. The van der Waals surface area contributed by atoms with Crippen LogP contribution in [0.2, 0.25) is 0 Å². The van der Waals surface area contributed by atoms with Gasteiger partial charge in [0.15, 0.2) is 5.96 Å². The number of thiazole rings is 1. The Balaban J connectivity index is 1.84. The molecule has 0 amide bonds. The maximum atomic E-state index is 5.83. The summed E-state index contributed by atoms with van der Waals surface area (Å²) in [6, 6.07) is 8.05. The van der Waals surface area contributed by atoms with Crippen LogP contribution >= 0.6 is 11.3 Å². The second-order valence-corrected chi connectivity index (χ2v) is 5.43. The highest BCUT2D eigenvalue weighted by Gasteiger charge is 1.98. The molecule has 1 heterocycles. The van der Waals surface area contributed by atoms with E-state index in [0.717, 1.165) is 22.8 Å². The molecule has 19 heavy (non-hydrogen) atoms. The zero-order chi connectivity index (χ0) is 13.7. The smallest absolute Gasteiger partial charge is 0.193 e. The van der Waals surface area contributed by atoms with E-state index >= 15 is 0 Å². The summed E-state index contributed by atoms with van der Waals surface area (Å²) in [5.74, 6) is 0.441. The van der Waals surface area contributed by atoms with Crippen molar-refractivity contribution in [3.63, 3.8) is 0 Å². The second kappa shape index (κ2) is 6.33. The molecule has 2 aromatic rings. The van der Waals surface area contributed by atoms with Gasteiger partial charge in [0.05, 0.1) is 10.7 Å². The molecule has 0 aliphatic carbocycles. The van der Waals surface area contributed by atoms with Crippen LogP contribution in [0, 0.1) is 13.8 Å². The van der Waals surface area contributed by atoms with Gasteiger partial charge >= 0.3 is 0 Å². The van der Waals surface area contributed by atoms with E-state index in [2.05, 4.69) is 27.6 Å². The normalized spacial score (nSPS) is 11.6. The van der Waals surface area contributed by atoms with Crippen molar-refractivity contribution in [2.24, 2.45) is 10.7 Å². The third kappa shape index (κ3) is 4.37. The van der Waals surface area contributed by atoms with Gasteiger partial charge in [0.25, 0.3) is 0 Å². The van der Waals surface area contributed by atoms with Crippen LogP contribution in [-0.4, -0.2) is 17.5 Å². The largest absolute Gasteiger partial charge is 0.370 e. The molecule has 0 fully saturated rings. The minimum absolute atomic E-state index is 0.441. The number of guanidine groups is 1. The molecule has 0 saturated heterocycles. The SMILES string of the molecule is Cc1ccc(NC(N)=NCCc2csc(C)n2)cc1. The van der Waals surface area contributed by atoms with Crippen LogP contribution in [0.4, 0.5) is 5.69 Å². The number of hydrogen-bond acceptors (Lipinski definition) is 3. The summed E-state index contributed by atoms with van der Waals surface area (Å²) in [7, 11) is 0. The number of hydrogen-bond donors (Lipinski definition) is 2. The summed E-state index contributed by atoms with van der Waals surface area (Å²) in [5, 5.41) is 6.22. The predicted molar refractivity (Wildman–Crippen MR) is 81.8 cm³/mol. The first-order chi connectivity index (χ1) is 9.13. The lowest BCUT2D eigenvalue weighted by Crippen LogP contribution is -2.23. The van der Waals surface area contributed by atoms with Crippen molar-refractivity contribution in [2.75, 3.05) is 11.9 Å². The lowest BCUT2D eigenvalue weighted by atomic mass is 10.2. The summed E-state index contributed by atoms with van der Waals surface area (Å²) in [6.07, 6.45) is 0.820. The van der Waals surface area contributed by atoms with E-state index in [9.17, 15) is 0 Å². The van der Waals surface area contributed by atoms with Gasteiger partial charge in [-0.2, -0.15) is 0 Å². The molecule has 2 rings (SSSR count). The Labute approximate surface area is 117 Å². The van der Waals surface area contributed by atoms with Gasteiger partial charge in [-0.05, 0) is 26.0 Å². The monoisotopic (exact) mass is 274 g/mol. The molecule has 1 aromatic heterocycles. The van der Waals surface area contributed by atoms with Gasteiger partial charge in [-0.3, -0.25) is 4.99 Å². The number of rotatable bonds is 4. The zero-order valence-electron chi connectivity index (χ0n) is 11.2. The van der Waals surface area contributed by atoms with Crippen LogP contribution in [0.1, 0.15) is 16.3 Å². The molecule has 0 aliphatic rings. The number of nitrogens with zero attached hydrogens (tertiary/aromatic N) is 2. The van der Waals surface area contributed by atoms with Crippen LogP contribution in [0.5, 0.6) is 0 Å². The molecular formula is C14H18N4S. The van der Waals surface area contributed by atoms with Crippen molar-refractivity contribution >= 4 is 23.0 Å². The minimum Gasteiger partial charge on any atom is -0.370 e. The van der Waals surface area contributed by atoms with Crippen LogP contribution < -0.4 is 11.1 Å². The van der Waals surface area contributed by atoms with Crippen molar-refractivity contribution in [3.8, 4) is 0 Å². The highest BCUT2D eigenvalue weighted by atomic mass is 32.1. The fourth-order valence-electron chi connectivity index (χ4n) is 1.64. The Morgan fingerprint density at radius 3 is 2.68 bits per heavy atom. The van der Waals surface area contributed by atoms with Crippen LogP contribution in [0.25, 0.3) is 0 Å². The van der Waals surface area contributed by atoms with Gasteiger partial charge in [0.1, 0.15) is 0 Å². The topological polar surface area (TPSA) is 63.3 Å². The van der Waals surface area contributed by atoms with Crippen LogP contribution in [0.3, 0.4) is 0 Å². The quantitative estimate of drug-likeness (QED) is 0.665. The molecule has 0 spiro atoms. The molecular weight excluding hydrogens is 256 g/mol. The summed E-state index contributed by atoms with van der Waals surface area (Å²) in [6.45, 7) is 4.70. The van der Waals surface area contributed by atoms with Crippen molar-refractivity contribution < 1.29 is 0 Å². The molecule has 0 saturated carbocycles. The maximum Gasteiger partial charge on any atom is 0.193 e. The predicted octanol–water partition coefficient (Wildman–Crippen LogP) is 2.73. The Morgan fingerprint density at radius 2 is 2.05 bits per heavy atom. The number of nitrogens with one attached hydrogen (secondary N) is 1. The molecule has 1 aromatic carbocycles. The van der Waals surface area contributed by atoms with Crippen molar-refractivity contribution in [1.82, 2.24) is 4.98 Å². The van der Waals surface area contributed by atoms with Gasteiger partial charge in [-0.1, -0.05) is 17.7 Å². The molecule has 5 heteroatoms. The summed E-state index contributed by atoms with van der Waals surface area (Å²) >= 11 is 1.66. The van der Waals surface area contributed by atoms with Crippen molar-refractivity contribution in [1.29, 1.82) is 0 Å². The van der Waals surface area contributed by atoms with Gasteiger partial charge < -0.3 is 11.1 Å². The number of aromatic nitrogens is 1. The van der Waals surface area contributed by atoms with Gasteiger partial charge in [-0.25, -0.2) is 4.98 Å². The highest BCUT2D eigenvalue weighted by Crippen LogP contribution is 2.09. The first-order valence-corrected chi connectivity index (χ1v) is 7.06. The summed E-state index contributed by atoms with van der Waals surface area (Å²) < 4.78 is 0. The number of nitrogens with two attached hydrogens (primary N) is 1. The van der Waals surface area contributed by atoms with E-state index in [1.54, 1.807) is 11.3 Å². The van der Waals surface area contributed by atoms with Crippen LogP contribution in [0.15, 0.2) is 34.6 Å². The molecule has 0 radical (unpaired) electrons. The number of benzene rings is 1. The number of aliphatic imine (C=N–C) groups is 1. The Kier molecular flexibility index (Phi) is 4.52. The molecule has 100 valence electrons. The molecule has 3 N–H and O–H groups in total. The third-order valence-corrected chi connectivity index (χ3v) is 3.46. The first-order valence-electron chi connectivity index (χ1n) is 6.18. The van der Waals surface area contributed by atoms with Crippen molar-refractivity contribution in [3.05, 3.63) is 45.9 Å². The Bertz CT molecular complexity index is 557. The third-order valence-electron chi connectivity index (χ3n) is 2.64. The fraction of sp³-hybridized carbons (Fsp3) is 0.286. The summed E-state index contributed by atoms with van der Waals surface area (Å²) in [4.78, 5) is 8.68. The van der Waals surface area contributed by atoms with Crippen LogP contribution in [-0.2, 0) is 6.42 Å². The van der Waals surface area contributed by atoms with E-state index in [1.807, 2.05) is 31.2 Å². The van der Waals surface area contributed by atoms with E-state index in [-0.39, 0.29) is 0 Å². The van der Waals surface area contributed by atoms with Crippen molar-refractivity contribution in [2.45, 2.75) is 20.3 Å². The molecule has 0 unspecified atom stereocenters. The zero-order valence-corrected chi connectivity index (χ0v) is 12.0. The average molecular weight is 274 g/mol. The second-order valence-electron chi connectivity index (χ2n) is 4.37. The standard InChI is InChI=1S/C14H18N4S/c1-10-3-5-12(6-4-10)18-14(15)16-8-7-13-9-19-11(2)17-13/h3-6,9H,7-8H2,1-2H3,(H3,15,16,18). The average Bonchev–Trinajstić information content (AvgIpc) is 2.78. The van der Waals surface area contributed by atoms with E-state index in [1.165, 1.54) is 5.56 Å². The molecule has 0 atom stereocenters. The lowest BCUT2D eigenvalue weighted by Gasteiger charge is -2.05.